The van der Waals surface area contributed by atoms with E-state index < -0.39 is 0 Å². The summed E-state index contributed by atoms with van der Waals surface area (Å²) in [6.45, 7) is 3.90. The zero-order chi connectivity index (χ0) is 16.2. The first kappa shape index (κ1) is 14.1. The number of para-hydroxylation sites is 1. The molecule has 2 aliphatic rings. The fraction of sp³-hybridized carbons (Fsp3) is 0.316. The Bertz CT molecular complexity index is 786. The highest BCUT2D eigenvalue weighted by Gasteiger charge is 2.55. The molecule has 0 radical (unpaired) electrons. The van der Waals surface area contributed by atoms with Crippen molar-refractivity contribution in [2.75, 3.05) is 10.8 Å². The molecule has 1 aliphatic carbocycles. The van der Waals surface area contributed by atoms with Crippen molar-refractivity contribution in [3.05, 3.63) is 53.1 Å². The van der Waals surface area contributed by atoms with Gasteiger partial charge in [-0.05, 0) is 61.6 Å². The van der Waals surface area contributed by atoms with Crippen molar-refractivity contribution in [1.82, 2.24) is 0 Å². The van der Waals surface area contributed by atoms with Crippen molar-refractivity contribution in [3.8, 4) is 5.75 Å². The van der Waals surface area contributed by atoms with Crippen LogP contribution in [0.4, 0.5) is 11.4 Å². The van der Waals surface area contributed by atoms with Gasteiger partial charge in [0, 0.05) is 5.69 Å². The molecule has 23 heavy (non-hydrogen) atoms. The minimum absolute atomic E-state index is 0.0561. The molecule has 0 bridgehead atoms. The molecule has 0 unspecified atom stereocenters. The predicted molar refractivity (Wildman–Crippen MR) is 90.4 cm³/mol. The molecule has 0 aromatic heterocycles. The Kier molecular flexibility index (Phi) is 2.92. The zero-order valence-electron chi connectivity index (χ0n) is 13.4. The summed E-state index contributed by atoms with van der Waals surface area (Å²) in [5, 5.41) is 1.49. The van der Waals surface area contributed by atoms with Gasteiger partial charge in [-0.1, -0.05) is 24.6 Å². The molecular formula is C19H20N2O2. The number of anilines is 2. The maximum absolute atomic E-state index is 13.0. The summed E-state index contributed by atoms with van der Waals surface area (Å²) in [4.78, 5) is 19.1. The summed E-state index contributed by atoms with van der Waals surface area (Å²) in [6, 6.07) is 11.7. The van der Waals surface area contributed by atoms with E-state index in [0.717, 1.165) is 41.6 Å². The summed E-state index contributed by atoms with van der Waals surface area (Å²) >= 11 is 0. The predicted octanol–water partition coefficient (Wildman–Crippen LogP) is 3.65. The number of fused-ring (bicyclic) bond motifs is 2. The van der Waals surface area contributed by atoms with Gasteiger partial charge in [-0.3, -0.25) is 4.79 Å². The van der Waals surface area contributed by atoms with Gasteiger partial charge < -0.3 is 10.6 Å². The van der Waals surface area contributed by atoms with E-state index in [1.165, 1.54) is 5.06 Å². The van der Waals surface area contributed by atoms with E-state index in [9.17, 15) is 4.79 Å². The smallest absolute Gasteiger partial charge is 0.270 e. The molecule has 1 amide bonds. The van der Waals surface area contributed by atoms with Crippen LogP contribution in [0.3, 0.4) is 0 Å². The average Bonchev–Trinajstić information content (AvgIpc) is 2.71. The number of amides is 1. The Morgan fingerprint density at radius 2 is 1.78 bits per heavy atom. The lowest BCUT2D eigenvalue weighted by molar-refractivity contribution is -0.130. The van der Waals surface area contributed by atoms with E-state index in [-0.39, 0.29) is 11.3 Å². The molecule has 4 nitrogen and oxygen atoms in total. The summed E-state index contributed by atoms with van der Waals surface area (Å²) < 4.78 is 0. The average molecular weight is 308 g/mol. The van der Waals surface area contributed by atoms with Crippen molar-refractivity contribution < 1.29 is 9.63 Å². The van der Waals surface area contributed by atoms with Crippen LogP contribution in [0.25, 0.3) is 0 Å². The molecule has 0 atom stereocenters. The molecule has 4 rings (SSSR count). The number of benzene rings is 2. The fourth-order valence-corrected chi connectivity index (χ4v) is 3.80. The van der Waals surface area contributed by atoms with E-state index in [1.54, 1.807) is 0 Å². The van der Waals surface area contributed by atoms with Gasteiger partial charge in [-0.15, -0.1) is 5.06 Å². The van der Waals surface area contributed by atoms with Crippen LogP contribution in [0, 0.1) is 13.8 Å². The minimum atomic E-state index is -0.369. The number of nitrogens with two attached hydrogens (primary N) is 1. The van der Waals surface area contributed by atoms with Crippen molar-refractivity contribution in [1.29, 1.82) is 0 Å². The fourth-order valence-electron chi connectivity index (χ4n) is 3.80. The largest absolute Gasteiger partial charge is 0.399 e. The number of carbonyl (C=O) groups excluding carboxylic acids is 1. The van der Waals surface area contributed by atoms with Gasteiger partial charge in [-0.2, -0.15) is 0 Å². The van der Waals surface area contributed by atoms with Crippen molar-refractivity contribution in [2.45, 2.75) is 38.5 Å². The highest BCUT2D eigenvalue weighted by molar-refractivity contribution is 6.07. The highest BCUT2D eigenvalue weighted by atomic mass is 16.7. The van der Waals surface area contributed by atoms with Crippen molar-refractivity contribution in [3.63, 3.8) is 0 Å². The Morgan fingerprint density at radius 1 is 1.13 bits per heavy atom. The Balaban J connectivity index is 1.77. The second kappa shape index (κ2) is 4.75. The van der Waals surface area contributed by atoms with Crippen LogP contribution in [0.1, 0.15) is 36.0 Å². The molecule has 0 saturated heterocycles. The normalized spacial score (nSPS) is 18.0. The zero-order valence-corrected chi connectivity index (χ0v) is 13.4. The van der Waals surface area contributed by atoms with Crippen LogP contribution < -0.4 is 15.6 Å². The van der Waals surface area contributed by atoms with E-state index in [1.807, 2.05) is 44.2 Å². The number of rotatable bonds is 2. The second-order valence-electron chi connectivity index (χ2n) is 6.63. The highest BCUT2D eigenvalue weighted by Crippen LogP contribution is 2.53. The van der Waals surface area contributed by atoms with E-state index in [0.29, 0.717) is 11.4 Å². The summed E-state index contributed by atoms with van der Waals surface area (Å²) in [6.07, 6.45) is 2.90. The number of hydrogen-bond donors (Lipinski definition) is 1. The monoisotopic (exact) mass is 308 g/mol. The molecule has 2 aromatic carbocycles. The first-order chi connectivity index (χ1) is 11.0. The van der Waals surface area contributed by atoms with E-state index >= 15 is 0 Å². The third-order valence-electron chi connectivity index (χ3n) is 5.10. The topological polar surface area (TPSA) is 55.6 Å². The number of hydroxylamine groups is 1. The van der Waals surface area contributed by atoms with Crippen LogP contribution in [0.15, 0.2) is 36.4 Å². The van der Waals surface area contributed by atoms with E-state index in [2.05, 4.69) is 6.07 Å². The van der Waals surface area contributed by atoms with Crippen LogP contribution in [-0.2, 0) is 10.2 Å². The van der Waals surface area contributed by atoms with Gasteiger partial charge in [0.05, 0.1) is 11.1 Å². The third kappa shape index (κ3) is 1.87. The molecule has 1 fully saturated rings. The maximum atomic E-state index is 13.0. The second-order valence-corrected chi connectivity index (χ2v) is 6.63. The Labute approximate surface area is 135 Å². The summed E-state index contributed by atoms with van der Waals surface area (Å²) in [7, 11) is 0. The molecular weight excluding hydrogens is 288 g/mol. The SMILES string of the molecule is Cc1cc(N)cc(C)c1ON1C(=O)C2(CCC2)c2ccccc21. The minimum Gasteiger partial charge on any atom is -0.399 e. The van der Waals surface area contributed by atoms with Gasteiger partial charge in [0.15, 0.2) is 5.75 Å². The molecule has 118 valence electrons. The number of nitrogens with zero attached hydrogens (tertiary/aromatic N) is 1. The maximum Gasteiger partial charge on any atom is 0.270 e. The first-order valence-electron chi connectivity index (χ1n) is 8.02. The number of nitrogen functional groups attached to an aromatic ring is 1. The van der Waals surface area contributed by atoms with Gasteiger partial charge >= 0.3 is 0 Å². The van der Waals surface area contributed by atoms with E-state index in [4.69, 9.17) is 10.6 Å². The van der Waals surface area contributed by atoms with Crippen LogP contribution >= 0.6 is 0 Å². The molecule has 4 heteroatoms. The molecule has 1 spiro atoms. The van der Waals surface area contributed by atoms with Gasteiger partial charge in [0.2, 0.25) is 0 Å². The molecule has 1 saturated carbocycles. The first-order valence-corrected chi connectivity index (χ1v) is 8.02. The molecule has 1 heterocycles. The number of hydrogen-bond acceptors (Lipinski definition) is 3. The molecule has 2 N–H and O–H groups in total. The van der Waals surface area contributed by atoms with Crippen molar-refractivity contribution >= 4 is 17.3 Å². The van der Waals surface area contributed by atoms with Gasteiger partial charge in [-0.25, -0.2) is 0 Å². The van der Waals surface area contributed by atoms with Gasteiger partial charge in [0.25, 0.3) is 5.91 Å². The van der Waals surface area contributed by atoms with Crippen LogP contribution in [0.5, 0.6) is 5.75 Å². The third-order valence-corrected chi connectivity index (χ3v) is 5.10. The lowest BCUT2D eigenvalue weighted by Gasteiger charge is -2.36. The quantitative estimate of drug-likeness (QED) is 0.862. The molecule has 2 aromatic rings. The van der Waals surface area contributed by atoms with Gasteiger partial charge in [0.1, 0.15) is 0 Å². The standard InChI is InChI=1S/C19H20N2O2/c1-12-10-14(20)11-13(2)17(12)23-21-16-7-4-3-6-15(16)19(18(21)22)8-5-9-19/h3-4,6-7,10-11H,5,8-9,20H2,1-2H3. The Hall–Kier alpha value is -2.49. The van der Waals surface area contributed by atoms with Crippen LogP contribution in [0.2, 0.25) is 0 Å². The number of carbonyl (C=O) groups is 1. The molecule has 1 aliphatic heterocycles. The number of aryl methyl sites for hydroxylation is 2. The lowest BCUT2D eigenvalue weighted by Crippen LogP contribution is -2.46. The van der Waals surface area contributed by atoms with Crippen molar-refractivity contribution in [2.24, 2.45) is 0 Å². The lowest BCUT2D eigenvalue weighted by atomic mass is 9.65. The summed E-state index contributed by atoms with van der Waals surface area (Å²) in [5.41, 5.74) is 10.0. The Morgan fingerprint density at radius 3 is 2.39 bits per heavy atom. The summed E-state index contributed by atoms with van der Waals surface area (Å²) in [5.74, 6) is 0.763. The van der Waals surface area contributed by atoms with Crippen LogP contribution in [-0.4, -0.2) is 5.91 Å².